The summed E-state index contributed by atoms with van der Waals surface area (Å²) >= 11 is 0. The molecule has 1 aromatic heterocycles. The van der Waals surface area contributed by atoms with Crippen molar-refractivity contribution in [1.82, 2.24) is 10.3 Å². The Labute approximate surface area is 120 Å². The molecule has 3 rings (SSSR count). The first-order chi connectivity index (χ1) is 9.86. The third-order valence-electron chi connectivity index (χ3n) is 3.92. The van der Waals surface area contributed by atoms with Crippen molar-refractivity contribution < 1.29 is 4.74 Å². The summed E-state index contributed by atoms with van der Waals surface area (Å²) in [5, 5.41) is 4.79. The van der Waals surface area contributed by atoms with E-state index in [1.807, 2.05) is 12.1 Å². The lowest BCUT2D eigenvalue weighted by Gasteiger charge is -2.30. The van der Waals surface area contributed by atoms with Crippen molar-refractivity contribution in [2.24, 2.45) is 0 Å². The highest BCUT2D eigenvalue weighted by atomic mass is 16.5. The van der Waals surface area contributed by atoms with Crippen LogP contribution in [0.3, 0.4) is 0 Å². The van der Waals surface area contributed by atoms with Gasteiger partial charge in [0, 0.05) is 18.0 Å². The molecule has 2 unspecified atom stereocenters. The van der Waals surface area contributed by atoms with Gasteiger partial charge in [-0.1, -0.05) is 31.2 Å². The molecule has 0 amide bonds. The number of nitrogens with zero attached hydrogens (tertiary/aromatic N) is 1. The maximum absolute atomic E-state index is 5.92. The minimum Gasteiger partial charge on any atom is -0.372 e. The van der Waals surface area contributed by atoms with E-state index in [4.69, 9.17) is 9.72 Å². The first-order valence-electron chi connectivity index (χ1n) is 7.57. The predicted octanol–water partition coefficient (Wildman–Crippen LogP) is 3.45. The number of nitrogens with one attached hydrogen (secondary N) is 1. The zero-order valence-electron chi connectivity index (χ0n) is 12.0. The highest BCUT2D eigenvalue weighted by Gasteiger charge is 2.24. The lowest BCUT2D eigenvalue weighted by Crippen LogP contribution is -2.36. The summed E-state index contributed by atoms with van der Waals surface area (Å²) in [7, 11) is 0. The molecule has 0 aliphatic carbocycles. The molecule has 1 aliphatic rings. The zero-order chi connectivity index (χ0) is 13.8. The van der Waals surface area contributed by atoms with Gasteiger partial charge in [-0.2, -0.15) is 0 Å². The van der Waals surface area contributed by atoms with Gasteiger partial charge in [-0.15, -0.1) is 0 Å². The van der Waals surface area contributed by atoms with Crippen LogP contribution in [0.2, 0.25) is 0 Å². The topological polar surface area (TPSA) is 34.1 Å². The van der Waals surface area contributed by atoms with Crippen LogP contribution in [-0.2, 0) is 4.74 Å². The fourth-order valence-corrected chi connectivity index (χ4v) is 2.80. The van der Waals surface area contributed by atoms with Gasteiger partial charge < -0.3 is 10.1 Å². The maximum atomic E-state index is 5.92. The highest BCUT2D eigenvalue weighted by molar-refractivity contribution is 5.78. The Kier molecular flexibility index (Phi) is 4.28. The van der Waals surface area contributed by atoms with Gasteiger partial charge in [-0.25, -0.2) is 0 Å². The van der Waals surface area contributed by atoms with E-state index in [1.165, 1.54) is 11.8 Å². The molecule has 0 saturated carbocycles. The molecule has 0 bridgehead atoms. The molecule has 3 nitrogen and oxygen atoms in total. The molecule has 2 heterocycles. The van der Waals surface area contributed by atoms with Crippen molar-refractivity contribution in [3.05, 3.63) is 42.1 Å². The normalized spacial score (nSPS) is 23.1. The second-order valence-electron chi connectivity index (χ2n) is 5.46. The van der Waals surface area contributed by atoms with Crippen molar-refractivity contribution in [2.45, 2.75) is 38.3 Å². The molecule has 1 saturated heterocycles. The van der Waals surface area contributed by atoms with Crippen molar-refractivity contribution >= 4 is 10.9 Å². The van der Waals surface area contributed by atoms with Gasteiger partial charge in [0.2, 0.25) is 0 Å². The van der Waals surface area contributed by atoms with E-state index in [9.17, 15) is 0 Å². The van der Waals surface area contributed by atoms with E-state index in [0.717, 1.165) is 37.2 Å². The molecular formula is C17H22N2O. The van der Waals surface area contributed by atoms with E-state index < -0.39 is 0 Å². The van der Waals surface area contributed by atoms with Gasteiger partial charge in [0.15, 0.2) is 0 Å². The minimum absolute atomic E-state index is 0.128. The largest absolute Gasteiger partial charge is 0.372 e. The minimum atomic E-state index is 0.128. The predicted molar refractivity (Wildman–Crippen MR) is 81.8 cm³/mol. The first-order valence-corrected chi connectivity index (χ1v) is 7.57. The van der Waals surface area contributed by atoms with Gasteiger partial charge in [0.25, 0.3) is 0 Å². The molecule has 1 fully saturated rings. The second kappa shape index (κ2) is 6.33. The van der Waals surface area contributed by atoms with Gasteiger partial charge in [-0.05, 0) is 37.9 Å². The lowest BCUT2D eigenvalue weighted by molar-refractivity contribution is -0.00193. The monoisotopic (exact) mass is 270 g/mol. The summed E-state index contributed by atoms with van der Waals surface area (Å²) in [6, 6.07) is 13.0. The lowest BCUT2D eigenvalue weighted by atomic mass is 10.00. The Bertz CT molecular complexity index is 570. The van der Waals surface area contributed by atoms with E-state index in [2.05, 4.69) is 36.5 Å². The highest BCUT2D eigenvalue weighted by Crippen LogP contribution is 2.28. The van der Waals surface area contributed by atoms with Gasteiger partial charge in [-0.3, -0.25) is 4.98 Å². The summed E-state index contributed by atoms with van der Waals surface area (Å²) < 4.78 is 5.92. The summed E-state index contributed by atoms with van der Waals surface area (Å²) in [4.78, 5) is 4.76. The van der Waals surface area contributed by atoms with Crippen LogP contribution in [0.1, 0.15) is 38.0 Å². The molecule has 1 N–H and O–H groups in total. The van der Waals surface area contributed by atoms with E-state index in [-0.39, 0.29) is 6.10 Å². The van der Waals surface area contributed by atoms with E-state index >= 15 is 0 Å². The average Bonchev–Trinajstić information content (AvgIpc) is 2.53. The number of hydrogen-bond acceptors (Lipinski definition) is 3. The average molecular weight is 270 g/mol. The number of fused-ring (bicyclic) bond motifs is 1. The molecule has 2 atom stereocenters. The van der Waals surface area contributed by atoms with Crippen molar-refractivity contribution in [3.63, 3.8) is 0 Å². The van der Waals surface area contributed by atoms with Crippen LogP contribution >= 0.6 is 0 Å². The first kappa shape index (κ1) is 13.5. The van der Waals surface area contributed by atoms with Gasteiger partial charge >= 0.3 is 0 Å². The number of pyridine rings is 1. The number of hydrogen-bond donors (Lipinski definition) is 1. The van der Waals surface area contributed by atoms with E-state index in [1.54, 1.807) is 0 Å². The quantitative estimate of drug-likeness (QED) is 0.924. The van der Waals surface area contributed by atoms with Crippen LogP contribution in [0.15, 0.2) is 36.4 Å². The van der Waals surface area contributed by atoms with Crippen LogP contribution in [0.4, 0.5) is 0 Å². The van der Waals surface area contributed by atoms with Crippen LogP contribution in [0, 0.1) is 0 Å². The molecule has 2 aromatic rings. The summed E-state index contributed by atoms with van der Waals surface area (Å²) in [5.74, 6) is 0. The molecule has 106 valence electrons. The molecule has 3 heteroatoms. The molecular weight excluding hydrogens is 248 g/mol. The fraction of sp³-hybridized carbons (Fsp3) is 0.471. The fourth-order valence-electron chi connectivity index (χ4n) is 2.80. The molecule has 0 spiro atoms. The van der Waals surface area contributed by atoms with Crippen molar-refractivity contribution in [1.29, 1.82) is 0 Å². The van der Waals surface area contributed by atoms with Gasteiger partial charge in [0.05, 0.1) is 11.2 Å². The number of aromatic nitrogens is 1. The molecule has 1 aromatic carbocycles. The summed E-state index contributed by atoms with van der Waals surface area (Å²) in [6.45, 7) is 4.11. The maximum Gasteiger partial charge on any atom is 0.101 e. The molecule has 20 heavy (non-hydrogen) atoms. The SMILES string of the molecule is CCCNC1CCOC(c2ccc3ccccc3n2)C1. The Morgan fingerprint density at radius 1 is 1.25 bits per heavy atom. The van der Waals surface area contributed by atoms with Crippen molar-refractivity contribution in [3.8, 4) is 0 Å². The van der Waals surface area contributed by atoms with Gasteiger partial charge in [0.1, 0.15) is 6.10 Å². The van der Waals surface area contributed by atoms with Crippen LogP contribution < -0.4 is 5.32 Å². The molecule has 1 aliphatic heterocycles. The number of rotatable bonds is 4. The third-order valence-corrected chi connectivity index (χ3v) is 3.92. The number of benzene rings is 1. The Morgan fingerprint density at radius 3 is 3.05 bits per heavy atom. The standard InChI is InChI=1S/C17H22N2O/c1-2-10-18-14-9-11-20-17(12-14)16-8-7-13-5-3-4-6-15(13)19-16/h3-8,14,17-18H,2,9-12H2,1H3. The third kappa shape index (κ3) is 3.00. The molecule has 0 radical (unpaired) electrons. The van der Waals surface area contributed by atoms with Crippen LogP contribution in [0.25, 0.3) is 10.9 Å². The number of ether oxygens (including phenoxy) is 1. The number of para-hydroxylation sites is 1. The van der Waals surface area contributed by atoms with Crippen molar-refractivity contribution in [2.75, 3.05) is 13.2 Å². The Balaban J connectivity index is 1.76. The smallest absolute Gasteiger partial charge is 0.101 e. The second-order valence-corrected chi connectivity index (χ2v) is 5.46. The Hall–Kier alpha value is -1.45. The summed E-state index contributed by atoms with van der Waals surface area (Å²) in [6.07, 6.45) is 3.42. The summed E-state index contributed by atoms with van der Waals surface area (Å²) in [5.41, 5.74) is 2.11. The van der Waals surface area contributed by atoms with E-state index in [0.29, 0.717) is 6.04 Å². The van der Waals surface area contributed by atoms with Crippen LogP contribution in [-0.4, -0.2) is 24.2 Å². The zero-order valence-corrected chi connectivity index (χ0v) is 12.0. The van der Waals surface area contributed by atoms with Crippen LogP contribution in [0.5, 0.6) is 0 Å². The Morgan fingerprint density at radius 2 is 2.15 bits per heavy atom.